The lowest BCUT2D eigenvalue weighted by Crippen LogP contribution is -2.12. The number of benzene rings is 1. The summed E-state index contributed by atoms with van der Waals surface area (Å²) >= 11 is 0.610. The highest BCUT2D eigenvalue weighted by atomic mass is 32.2. The third kappa shape index (κ3) is 2.81. The second-order valence-electron chi connectivity index (χ2n) is 3.45. The summed E-state index contributed by atoms with van der Waals surface area (Å²) in [6.45, 7) is 0. The summed E-state index contributed by atoms with van der Waals surface area (Å²) in [5.41, 5.74) is 1.54. The van der Waals surface area contributed by atoms with Crippen LogP contribution < -0.4 is 11.3 Å². The Kier molecular flexibility index (Phi) is 4.05. The first-order chi connectivity index (χ1) is 9.52. The van der Waals surface area contributed by atoms with Gasteiger partial charge in [-0.2, -0.15) is 0 Å². The molecular formula is C10H7F2N5O2S. The molecule has 0 spiro atoms. The van der Waals surface area contributed by atoms with Crippen molar-refractivity contribution in [2.75, 3.05) is 5.43 Å². The van der Waals surface area contributed by atoms with Gasteiger partial charge in [0.2, 0.25) is 5.82 Å². The summed E-state index contributed by atoms with van der Waals surface area (Å²) in [6, 6.07) is 2.79. The molecule has 2 aromatic rings. The third-order valence-corrected chi connectivity index (χ3v) is 3.23. The maximum Gasteiger partial charge on any atom is 0.344 e. The van der Waals surface area contributed by atoms with Crippen LogP contribution in [0.3, 0.4) is 0 Å². The second-order valence-corrected chi connectivity index (χ2v) is 4.48. The fraction of sp³-hybridized carbons (Fsp3) is 0. The number of rotatable bonds is 4. The number of nitro groups is 1. The predicted octanol–water partition coefficient (Wildman–Crippen LogP) is 2.10. The lowest BCUT2D eigenvalue weighted by Gasteiger charge is -2.06. The van der Waals surface area contributed by atoms with Crippen molar-refractivity contribution in [2.24, 2.45) is 5.84 Å². The van der Waals surface area contributed by atoms with E-state index in [0.29, 0.717) is 11.8 Å². The highest BCUT2D eigenvalue weighted by Gasteiger charge is 2.24. The van der Waals surface area contributed by atoms with Crippen molar-refractivity contribution in [3.63, 3.8) is 0 Å². The van der Waals surface area contributed by atoms with Crippen molar-refractivity contribution in [1.29, 1.82) is 0 Å². The number of hydrazine groups is 1. The first kappa shape index (κ1) is 14.1. The molecule has 1 heterocycles. The fourth-order valence-electron chi connectivity index (χ4n) is 1.37. The lowest BCUT2D eigenvalue weighted by molar-refractivity contribution is -0.387. The quantitative estimate of drug-likeness (QED) is 0.385. The summed E-state index contributed by atoms with van der Waals surface area (Å²) < 4.78 is 26.6. The normalized spacial score (nSPS) is 10.3. The van der Waals surface area contributed by atoms with Crippen LogP contribution in [-0.4, -0.2) is 14.9 Å². The van der Waals surface area contributed by atoms with Crippen LogP contribution in [-0.2, 0) is 0 Å². The van der Waals surface area contributed by atoms with Gasteiger partial charge in [-0.3, -0.25) is 10.1 Å². The van der Waals surface area contributed by atoms with Crippen LogP contribution in [0.5, 0.6) is 0 Å². The number of aromatic nitrogens is 2. The van der Waals surface area contributed by atoms with Crippen molar-refractivity contribution in [2.45, 2.75) is 9.92 Å². The highest BCUT2D eigenvalue weighted by molar-refractivity contribution is 7.99. The van der Waals surface area contributed by atoms with E-state index in [-0.39, 0.29) is 15.7 Å². The molecule has 0 bridgehead atoms. The molecule has 0 aliphatic heterocycles. The van der Waals surface area contributed by atoms with Gasteiger partial charge < -0.3 is 5.43 Å². The smallest absolute Gasteiger partial charge is 0.303 e. The molecule has 20 heavy (non-hydrogen) atoms. The summed E-state index contributed by atoms with van der Waals surface area (Å²) in [7, 11) is 0. The van der Waals surface area contributed by atoms with Crippen LogP contribution in [0.25, 0.3) is 0 Å². The third-order valence-electron chi connectivity index (χ3n) is 2.21. The minimum Gasteiger partial charge on any atom is -0.303 e. The molecule has 0 radical (unpaired) electrons. The van der Waals surface area contributed by atoms with Crippen molar-refractivity contribution in [3.05, 3.63) is 46.3 Å². The van der Waals surface area contributed by atoms with Gasteiger partial charge in [-0.15, -0.1) is 0 Å². The molecule has 1 aromatic carbocycles. The molecule has 1 aromatic heterocycles. The Hall–Kier alpha value is -2.33. The number of nitrogen functional groups attached to an aromatic ring is 1. The van der Waals surface area contributed by atoms with Gasteiger partial charge in [-0.25, -0.2) is 24.6 Å². The molecular weight excluding hydrogens is 292 g/mol. The van der Waals surface area contributed by atoms with Crippen molar-refractivity contribution in [1.82, 2.24) is 9.97 Å². The van der Waals surface area contributed by atoms with Crippen LogP contribution in [0, 0.1) is 21.7 Å². The molecule has 0 fully saturated rings. The van der Waals surface area contributed by atoms with Gasteiger partial charge in [0.1, 0.15) is 18.0 Å². The minimum absolute atomic E-state index is 0.130. The number of nitrogens with one attached hydrogen (secondary N) is 1. The van der Waals surface area contributed by atoms with Gasteiger partial charge in [-0.05, 0) is 18.2 Å². The van der Waals surface area contributed by atoms with Crippen molar-refractivity contribution in [3.8, 4) is 0 Å². The molecule has 3 N–H and O–H groups in total. The van der Waals surface area contributed by atoms with E-state index >= 15 is 0 Å². The summed E-state index contributed by atoms with van der Waals surface area (Å²) in [6.07, 6.45) is 1.03. The maximum atomic E-state index is 13.5. The van der Waals surface area contributed by atoms with E-state index < -0.39 is 22.2 Å². The molecule has 0 saturated carbocycles. The van der Waals surface area contributed by atoms with Crippen LogP contribution in [0.15, 0.2) is 34.4 Å². The van der Waals surface area contributed by atoms with Gasteiger partial charge >= 0.3 is 5.69 Å². The monoisotopic (exact) mass is 299 g/mol. The zero-order valence-electron chi connectivity index (χ0n) is 9.71. The standard InChI is InChI=1S/C10H7F2N5O2S/c11-5-1-2-6(12)7(3-5)20-10-8(17(18)19)9(16-13)14-4-15-10/h1-4H,13H2,(H,14,15,16). The van der Waals surface area contributed by atoms with Crippen LogP contribution >= 0.6 is 11.8 Å². The number of nitrogens with two attached hydrogens (primary N) is 1. The predicted molar refractivity (Wildman–Crippen MR) is 67.0 cm³/mol. The molecule has 0 amide bonds. The molecule has 2 rings (SSSR count). The molecule has 0 aliphatic rings. The van der Waals surface area contributed by atoms with E-state index in [1.165, 1.54) is 0 Å². The van der Waals surface area contributed by atoms with E-state index in [9.17, 15) is 18.9 Å². The number of hydrogen-bond donors (Lipinski definition) is 2. The Morgan fingerprint density at radius 1 is 1.35 bits per heavy atom. The molecule has 0 atom stereocenters. The maximum absolute atomic E-state index is 13.5. The van der Waals surface area contributed by atoms with Crippen LogP contribution in [0.4, 0.5) is 20.3 Å². The van der Waals surface area contributed by atoms with Gasteiger partial charge in [0.15, 0.2) is 5.03 Å². The zero-order chi connectivity index (χ0) is 14.7. The first-order valence-corrected chi connectivity index (χ1v) is 5.93. The molecule has 7 nitrogen and oxygen atoms in total. The molecule has 10 heteroatoms. The Morgan fingerprint density at radius 3 is 2.75 bits per heavy atom. The lowest BCUT2D eigenvalue weighted by atomic mass is 10.3. The van der Waals surface area contributed by atoms with Crippen LogP contribution in [0.2, 0.25) is 0 Å². The zero-order valence-corrected chi connectivity index (χ0v) is 10.5. The largest absolute Gasteiger partial charge is 0.344 e. The SMILES string of the molecule is NNc1ncnc(Sc2cc(F)ccc2F)c1[N+](=O)[O-]. The average Bonchev–Trinajstić information content (AvgIpc) is 2.42. The number of hydrogen-bond acceptors (Lipinski definition) is 7. The van der Waals surface area contributed by atoms with Gasteiger partial charge in [-0.1, -0.05) is 11.8 Å². The Labute approximate surface area is 115 Å². The highest BCUT2D eigenvalue weighted by Crippen LogP contribution is 2.37. The fourth-order valence-corrected chi connectivity index (χ4v) is 2.28. The van der Waals surface area contributed by atoms with E-state index in [0.717, 1.165) is 24.5 Å². The minimum atomic E-state index is -0.755. The topological polar surface area (TPSA) is 107 Å². The summed E-state index contributed by atoms with van der Waals surface area (Å²) in [5, 5.41) is 10.8. The van der Waals surface area contributed by atoms with Gasteiger partial charge in [0, 0.05) is 0 Å². The Bertz CT molecular complexity index is 670. The number of nitrogens with zero attached hydrogens (tertiary/aromatic N) is 3. The van der Waals surface area contributed by atoms with E-state index in [4.69, 9.17) is 5.84 Å². The van der Waals surface area contributed by atoms with Crippen molar-refractivity contribution >= 4 is 23.3 Å². The Balaban J connectivity index is 2.48. The second kappa shape index (κ2) is 5.75. The summed E-state index contributed by atoms with van der Waals surface area (Å²) in [5.74, 6) is 3.52. The average molecular weight is 299 g/mol. The van der Waals surface area contributed by atoms with Gasteiger partial charge in [0.05, 0.1) is 9.82 Å². The van der Waals surface area contributed by atoms with E-state index in [1.807, 2.05) is 0 Å². The number of anilines is 1. The summed E-state index contributed by atoms with van der Waals surface area (Å²) in [4.78, 5) is 17.4. The Morgan fingerprint density at radius 2 is 2.10 bits per heavy atom. The van der Waals surface area contributed by atoms with E-state index in [1.54, 1.807) is 0 Å². The number of halogens is 2. The van der Waals surface area contributed by atoms with Crippen LogP contribution in [0.1, 0.15) is 0 Å². The van der Waals surface area contributed by atoms with Crippen molar-refractivity contribution < 1.29 is 13.7 Å². The molecule has 104 valence electrons. The molecule has 0 unspecified atom stereocenters. The molecule has 0 saturated heterocycles. The molecule has 0 aliphatic carbocycles. The van der Waals surface area contributed by atoms with E-state index in [2.05, 4.69) is 15.4 Å². The van der Waals surface area contributed by atoms with Gasteiger partial charge in [0.25, 0.3) is 0 Å². The first-order valence-electron chi connectivity index (χ1n) is 5.12.